The minimum Gasteiger partial charge on any atom is -0.496 e. The molecule has 2 heterocycles. The predicted molar refractivity (Wildman–Crippen MR) is 93.0 cm³/mol. The van der Waals surface area contributed by atoms with Gasteiger partial charge >= 0.3 is 0 Å². The van der Waals surface area contributed by atoms with Crippen LogP contribution in [0.1, 0.15) is 0 Å². The summed E-state index contributed by atoms with van der Waals surface area (Å²) in [6.07, 6.45) is 5.07. The highest BCUT2D eigenvalue weighted by molar-refractivity contribution is 7.99. The van der Waals surface area contributed by atoms with E-state index in [0.717, 1.165) is 34.6 Å². The van der Waals surface area contributed by atoms with Crippen molar-refractivity contribution >= 4 is 11.8 Å². The number of nitrogens with zero attached hydrogens (tertiary/aromatic N) is 6. The van der Waals surface area contributed by atoms with Crippen LogP contribution in [0.4, 0.5) is 0 Å². The summed E-state index contributed by atoms with van der Waals surface area (Å²) in [4.78, 5) is 3.94. The van der Waals surface area contributed by atoms with E-state index in [0.29, 0.717) is 6.54 Å². The first-order valence-electron chi connectivity index (χ1n) is 7.46. The van der Waals surface area contributed by atoms with E-state index < -0.39 is 0 Å². The fourth-order valence-corrected chi connectivity index (χ4v) is 3.17. The van der Waals surface area contributed by atoms with Gasteiger partial charge in [0.1, 0.15) is 18.4 Å². The van der Waals surface area contributed by atoms with E-state index in [1.54, 1.807) is 29.9 Å². The van der Waals surface area contributed by atoms with Crippen molar-refractivity contribution in [2.24, 2.45) is 0 Å². The number of ether oxygens (including phenoxy) is 1. The molecule has 0 N–H and O–H groups in total. The maximum atomic E-state index is 5.44. The molecular weight excluding hydrogens is 324 g/mol. The Balaban J connectivity index is 1.83. The van der Waals surface area contributed by atoms with Gasteiger partial charge in [-0.15, -0.1) is 16.8 Å². The summed E-state index contributed by atoms with van der Waals surface area (Å²) in [5.41, 5.74) is 0.914. The minimum atomic E-state index is 0.631. The zero-order valence-electron chi connectivity index (χ0n) is 13.4. The molecule has 0 radical (unpaired) electrons. The maximum Gasteiger partial charge on any atom is 0.191 e. The van der Waals surface area contributed by atoms with E-state index >= 15 is 0 Å². The van der Waals surface area contributed by atoms with E-state index in [9.17, 15) is 0 Å². The zero-order chi connectivity index (χ0) is 16.8. The molecule has 24 heavy (non-hydrogen) atoms. The van der Waals surface area contributed by atoms with E-state index in [1.807, 2.05) is 34.9 Å². The van der Waals surface area contributed by atoms with Crippen LogP contribution in [-0.4, -0.2) is 42.4 Å². The first kappa shape index (κ1) is 16.3. The van der Waals surface area contributed by atoms with Gasteiger partial charge in [-0.1, -0.05) is 30.0 Å². The molecule has 8 heteroatoms. The van der Waals surface area contributed by atoms with Gasteiger partial charge in [0.15, 0.2) is 11.0 Å². The summed E-state index contributed by atoms with van der Waals surface area (Å²) < 4.78 is 9.27. The Labute approximate surface area is 144 Å². The van der Waals surface area contributed by atoms with E-state index in [-0.39, 0.29) is 0 Å². The molecule has 7 nitrogen and oxygen atoms in total. The maximum absolute atomic E-state index is 5.44. The molecule has 0 spiro atoms. The normalized spacial score (nSPS) is 10.7. The lowest BCUT2D eigenvalue weighted by atomic mass is 10.2. The highest BCUT2D eigenvalue weighted by Gasteiger charge is 2.16. The fourth-order valence-electron chi connectivity index (χ4n) is 2.30. The quantitative estimate of drug-likeness (QED) is 0.463. The third-order valence-corrected chi connectivity index (χ3v) is 4.34. The summed E-state index contributed by atoms with van der Waals surface area (Å²) in [5, 5.41) is 13.6. The molecule has 0 unspecified atom stereocenters. The molecule has 3 aromatic rings. The van der Waals surface area contributed by atoms with Crippen LogP contribution in [-0.2, 0) is 13.1 Å². The Hall–Kier alpha value is -2.61. The number of hydrogen-bond acceptors (Lipinski definition) is 6. The number of rotatable bonds is 8. The highest BCUT2D eigenvalue weighted by Crippen LogP contribution is 2.30. The molecule has 0 saturated heterocycles. The van der Waals surface area contributed by atoms with Crippen LogP contribution in [0.15, 0.2) is 54.7 Å². The Morgan fingerprint density at radius 2 is 2.17 bits per heavy atom. The average molecular weight is 342 g/mol. The van der Waals surface area contributed by atoms with Gasteiger partial charge in [-0.2, -0.15) is 5.10 Å². The number of thioether (sulfide) groups is 1. The summed E-state index contributed by atoms with van der Waals surface area (Å²) in [6.45, 7) is 5.23. The first-order valence-corrected chi connectivity index (χ1v) is 8.44. The van der Waals surface area contributed by atoms with Crippen LogP contribution in [0.2, 0.25) is 0 Å². The Morgan fingerprint density at radius 1 is 1.29 bits per heavy atom. The molecule has 0 amide bonds. The molecule has 3 rings (SSSR count). The lowest BCUT2D eigenvalue weighted by Gasteiger charge is -2.10. The lowest BCUT2D eigenvalue weighted by Crippen LogP contribution is -2.04. The van der Waals surface area contributed by atoms with Crippen LogP contribution in [0.25, 0.3) is 11.4 Å². The topological polar surface area (TPSA) is 70.7 Å². The van der Waals surface area contributed by atoms with Crippen molar-refractivity contribution < 1.29 is 4.74 Å². The highest BCUT2D eigenvalue weighted by atomic mass is 32.2. The number of aryl methyl sites for hydroxylation is 1. The average Bonchev–Trinajstić information content (AvgIpc) is 3.26. The molecule has 1 aromatic carbocycles. The van der Waals surface area contributed by atoms with Gasteiger partial charge in [-0.3, -0.25) is 9.25 Å². The van der Waals surface area contributed by atoms with Gasteiger partial charge < -0.3 is 4.74 Å². The van der Waals surface area contributed by atoms with Crippen LogP contribution in [0.5, 0.6) is 5.75 Å². The third kappa shape index (κ3) is 3.48. The summed E-state index contributed by atoms with van der Waals surface area (Å²) >= 11 is 1.63. The molecule has 2 aromatic heterocycles. The number of hydrogen-bond donors (Lipinski definition) is 0. The van der Waals surface area contributed by atoms with Crippen LogP contribution in [0.3, 0.4) is 0 Å². The Morgan fingerprint density at radius 3 is 2.92 bits per heavy atom. The Kier molecular flexibility index (Phi) is 5.27. The summed E-state index contributed by atoms with van der Waals surface area (Å²) in [5.74, 6) is 2.37. The molecule has 0 bridgehead atoms. The van der Waals surface area contributed by atoms with Crippen molar-refractivity contribution in [3.05, 3.63) is 49.6 Å². The van der Waals surface area contributed by atoms with Gasteiger partial charge in [0.25, 0.3) is 0 Å². The molecule has 0 atom stereocenters. The van der Waals surface area contributed by atoms with Gasteiger partial charge in [0.2, 0.25) is 0 Å². The SMILES string of the molecule is C=CCn1c(SCCn2cncn2)nnc1-c1ccccc1OC. The van der Waals surface area contributed by atoms with Crippen LogP contribution < -0.4 is 4.74 Å². The molecule has 0 aliphatic carbocycles. The number of allylic oxidation sites excluding steroid dienone is 1. The molecule has 0 fully saturated rings. The molecule has 0 aliphatic rings. The first-order chi connectivity index (χ1) is 11.8. The van der Waals surface area contributed by atoms with Crippen molar-refractivity contribution in [3.63, 3.8) is 0 Å². The molecular formula is C16H18N6OS. The summed E-state index contributed by atoms with van der Waals surface area (Å²) in [6, 6.07) is 7.79. The number of methoxy groups -OCH3 is 1. The smallest absolute Gasteiger partial charge is 0.191 e. The molecule has 124 valence electrons. The van der Waals surface area contributed by atoms with E-state index in [4.69, 9.17) is 4.74 Å². The summed E-state index contributed by atoms with van der Waals surface area (Å²) in [7, 11) is 1.65. The van der Waals surface area contributed by atoms with Gasteiger partial charge in [0, 0.05) is 12.3 Å². The lowest BCUT2D eigenvalue weighted by molar-refractivity contribution is 0.416. The number of para-hydroxylation sites is 1. The zero-order valence-corrected chi connectivity index (χ0v) is 14.2. The van der Waals surface area contributed by atoms with Crippen molar-refractivity contribution in [1.29, 1.82) is 0 Å². The van der Waals surface area contributed by atoms with Crippen molar-refractivity contribution in [1.82, 2.24) is 29.5 Å². The van der Waals surface area contributed by atoms with Crippen LogP contribution in [0, 0.1) is 0 Å². The van der Waals surface area contributed by atoms with E-state index in [1.165, 1.54) is 6.33 Å². The molecule has 0 saturated carbocycles. The number of aromatic nitrogens is 6. The van der Waals surface area contributed by atoms with Gasteiger partial charge in [0.05, 0.1) is 19.2 Å². The van der Waals surface area contributed by atoms with Crippen molar-refractivity contribution in [2.75, 3.05) is 12.9 Å². The van der Waals surface area contributed by atoms with Crippen LogP contribution >= 0.6 is 11.8 Å². The second-order valence-electron chi connectivity index (χ2n) is 4.91. The monoisotopic (exact) mass is 342 g/mol. The number of benzene rings is 1. The van der Waals surface area contributed by atoms with E-state index in [2.05, 4.69) is 26.9 Å². The van der Waals surface area contributed by atoms with Crippen molar-refractivity contribution in [2.45, 2.75) is 18.2 Å². The van der Waals surface area contributed by atoms with Gasteiger partial charge in [-0.25, -0.2) is 4.98 Å². The second-order valence-corrected chi connectivity index (χ2v) is 5.97. The largest absolute Gasteiger partial charge is 0.496 e. The Bertz CT molecular complexity index is 799. The second kappa shape index (κ2) is 7.78. The van der Waals surface area contributed by atoms with Crippen molar-refractivity contribution in [3.8, 4) is 17.1 Å². The standard InChI is InChI=1S/C16H18N6OS/c1-3-8-22-15(13-6-4-5-7-14(13)23-2)19-20-16(22)24-10-9-21-12-17-11-18-21/h3-7,11-12H,1,8-10H2,2H3. The minimum absolute atomic E-state index is 0.631. The van der Waals surface area contributed by atoms with Gasteiger partial charge in [-0.05, 0) is 12.1 Å². The fraction of sp³-hybridized carbons (Fsp3) is 0.250. The molecule has 0 aliphatic heterocycles. The predicted octanol–water partition coefficient (Wildman–Crippen LogP) is 2.52. The third-order valence-electron chi connectivity index (χ3n) is 3.39.